The molecule has 0 amide bonds. The Kier molecular flexibility index (Phi) is 7.47. The predicted molar refractivity (Wildman–Crippen MR) is 151 cm³/mol. The van der Waals surface area contributed by atoms with E-state index in [1.165, 1.54) is 11.1 Å². The summed E-state index contributed by atoms with van der Waals surface area (Å²) in [6.45, 7) is 6.89. The molecule has 2 heterocycles. The van der Waals surface area contributed by atoms with E-state index in [9.17, 15) is 15.0 Å². The van der Waals surface area contributed by atoms with Crippen LogP contribution in [0.3, 0.4) is 0 Å². The highest BCUT2D eigenvalue weighted by molar-refractivity contribution is 6.30. The fraction of sp³-hybridized carbons (Fsp3) is 0.452. The van der Waals surface area contributed by atoms with E-state index in [0.29, 0.717) is 24.4 Å². The second-order valence-electron chi connectivity index (χ2n) is 11.1. The molecule has 1 spiro atoms. The van der Waals surface area contributed by atoms with Crippen LogP contribution in [-0.2, 0) is 22.2 Å². The van der Waals surface area contributed by atoms with Crippen molar-refractivity contribution in [1.82, 2.24) is 4.90 Å². The van der Waals surface area contributed by atoms with E-state index in [4.69, 9.17) is 16.3 Å². The summed E-state index contributed by atoms with van der Waals surface area (Å²) in [5.74, 6) is -0.567. The van der Waals surface area contributed by atoms with Gasteiger partial charge in [-0.3, -0.25) is 0 Å². The van der Waals surface area contributed by atoms with Crippen LogP contribution < -0.4 is 9.64 Å². The number of anilines is 1. The zero-order valence-corrected chi connectivity index (χ0v) is 22.8. The van der Waals surface area contributed by atoms with Gasteiger partial charge in [-0.1, -0.05) is 42.5 Å². The Morgan fingerprint density at radius 1 is 1.11 bits per heavy atom. The monoisotopic (exact) mass is 536 g/mol. The first-order valence-electron chi connectivity index (χ1n) is 13.5. The summed E-state index contributed by atoms with van der Waals surface area (Å²) in [6, 6.07) is 11.5. The molecule has 0 unspecified atom stereocenters. The largest absolute Gasteiger partial charge is 0.490 e. The molecule has 2 bridgehead atoms. The molecule has 2 atom stereocenters. The van der Waals surface area contributed by atoms with E-state index in [2.05, 4.69) is 35.8 Å². The van der Waals surface area contributed by atoms with Crippen molar-refractivity contribution >= 4 is 23.3 Å². The molecule has 3 aliphatic rings. The summed E-state index contributed by atoms with van der Waals surface area (Å²) in [5, 5.41) is 22.5. The molecule has 6 nitrogen and oxygen atoms in total. The number of aliphatic hydroxyl groups is 1. The van der Waals surface area contributed by atoms with Crippen LogP contribution in [0.25, 0.3) is 0 Å². The van der Waals surface area contributed by atoms with E-state index in [0.717, 1.165) is 68.1 Å². The summed E-state index contributed by atoms with van der Waals surface area (Å²) in [5.41, 5.74) is 2.03. The lowest BCUT2D eigenvalue weighted by atomic mass is 9.70. The van der Waals surface area contributed by atoms with Gasteiger partial charge >= 0.3 is 5.97 Å². The summed E-state index contributed by atoms with van der Waals surface area (Å²) < 4.78 is 6.50. The lowest BCUT2D eigenvalue weighted by Crippen LogP contribution is -2.46. The highest BCUT2D eigenvalue weighted by Gasteiger charge is 2.43. The van der Waals surface area contributed by atoms with Gasteiger partial charge in [-0.15, -0.1) is 0 Å². The van der Waals surface area contributed by atoms with Crippen molar-refractivity contribution in [3.63, 3.8) is 0 Å². The molecule has 0 aromatic heterocycles. The second-order valence-corrected chi connectivity index (χ2v) is 11.5. The highest BCUT2D eigenvalue weighted by Crippen LogP contribution is 2.45. The minimum atomic E-state index is -2.10. The maximum Gasteiger partial charge on any atom is 0.340 e. The molecule has 2 aliphatic heterocycles. The Morgan fingerprint density at radius 2 is 1.92 bits per heavy atom. The van der Waals surface area contributed by atoms with Gasteiger partial charge in [0.25, 0.3) is 0 Å². The second kappa shape index (κ2) is 10.7. The number of ether oxygens (including phenoxy) is 1. The van der Waals surface area contributed by atoms with E-state index in [-0.39, 0.29) is 11.8 Å². The topological polar surface area (TPSA) is 73.2 Å². The van der Waals surface area contributed by atoms with Crippen LogP contribution >= 0.6 is 11.6 Å². The molecule has 1 aliphatic carbocycles. The first-order valence-corrected chi connectivity index (χ1v) is 13.9. The number of rotatable bonds is 1. The molecule has 38 heavy (non-hydrogen) atoms. The number of carboxylic acids is 1. The van der Waals surface area contributed by atoms with Crippen molar-refractivity contribution in [3.05, 3.63) is 82.5 Å². The van der Waals surface area contributed by atoms with Gasteiger partial charge < -0.3 is 24.7 Å². The number of nitrogens with zero attached hydrogens (tertiary/aromatic N) is 2. The van der Waals surface area contributed by atoms with Crippen molar-refractivity contribution in [2.45, 2.75) is 56.0 Å². The van der Waals surface area contributed by atoms with E-state index in [1.54, 1.807) is 6.07 Å². The maximum absolute atomic E-state index is 12.5. The van der Waals surface area contributed by atoms with Crippen molar-refractivity contribution in [3.8, 4) is 5.75 Å². The van der Waals surface area contributed by atoms with Gasteiger partial charge in [0.2, 0.25) is 0 Å². The third-order valence-electron chi connectivity index (χ3n) is 8.46. The summed E-state index contributed by atoms with van der Waals surface area (Å²) in [7, 11) is 1.89. The Balaban J connectivity index is 1.59. The van der Waals surface area contributed by atoms with Gasteiger partial charge in [-0.25, -0.2) is 4.79 Å². The van der Waals surface area contributed by atoms with Crippen molar-refractivity contribution < 1.29 is 19.7 Å². The van der Waals surface area contributed by atoms with Gasteiger partial charge in [0.1, 0.15) is 5.75 Å². The van der Waals surface area contributed by atoms with Crippen LogP contribution in [0.2, 0.25) is 5.02 Å². The van der Waals surface area contributed by atoms with Gasteiger partial charge in [0.15, 0.2) is 5.60 Å². The number of hydrogen-bond donors (Lipinski definition) is 2. The minimum Gasteiger partial charge on any atom is -0.490 e. The number of allylic oxidation sites excluding steroid dienone is 1. The molecule has 2 aromatic rings. The molecule has 7 heteroatoms. The quantitative estimate of drug-likeness (QED) is 0.458. The SMILES string of the molecule is C=C1C[C@](O)(C(=O)O)c2ccc3c(c2)N(CCC/C=C/CCN1C)C[C@@]1(CCCc2cc(Cl)ccc21)CO3. The smallest absolute Gasteiger partial charge is 0.340 e. The maximum atomic E-state index is 12.5. The average Bonchev–Trinajstić information content (AvgIpc) is 3.04. The van der Waals surface area contributed by atoms with Crippen molar-refractivity contribution in [2.24, 2.45) is 0 Å². The number of benzene rings is 2. The van der Waals surface area contributed by atoms with Gasteiger partial charge in [0, 0.05) is 49.2 Å². The van der Waals surface area contributed by atoms with Crippen LogP contribution in [0.15, 0.2) is 60.8 Å². The molecular formula is C31H37ClN2O4. The molecule has 5 rings (SSSR count). The Bertz CT molecular complexity index is 1260. The molecule has 202 valence electrons. The van der Waals surface area contributed by atoms with Crippen LogP contribution in [0.1, 0.15) is 55.2 Å². The van der Waals surface area contributed by atoms with Crippen molar-refractivity contribution in [1.29, 1.82) is 0 Å². The van der Waals surface area contributed by atoms with E-state index in [1.807, 2.05) is 30.1 Å². The number of aliphatic carboxylic acids is 1. The molecule has 0 fully saturated rings. The first-order chi connectivity index (χ1) is 18.2. The van der Waals surface area contributed by atoms with Crippen LogP contribution in [0, 0.1) is 0 Å². The normalized spacial score (nSPS) is 27.0. The van der Waals surface area contributed by atoms with Crippen LogP contribution in [0.4, 0.5) is 5.69 Å². The van der Waals surface area contributed by atoms with Crippen molar-refractivity contribution in [2.75, 3.05) is 38.2 Å². The molecule has 0 saturated heterocycles. The van der Waals surface area contributed by atoms with E-state index >= 15 is 0 Å². The molecular weight excluding hydrogens is 500 g/mol. The first kappa shape index (κ1) is 26.6. The molecule has 2 N–H and O–H groups in total. The number of hydrogen-bond acceptors (Lipinski definition) is 5. The number of carboxylic acid groups (broad SMARTS) is 1. The number of aryl methyl sites for hydroxylation is 1. The molecule has 2 aromatic carbocycles. The Morgan fingerprint density at radius 3 is 2.74 bits per heavy atom. The van der Waals surface area contributed by atoms with Crippen LogP contribution in [-0.4, -0.2) is 54.4 Å². The predicted octanol–water partition coefficient (Wildman–Crippen LogP) is 5.66. The van der Waals surface area contributed by atoms with E-state index < -0.39 is 11.6 Å². The van der Waals surface area contributed by atoms with Gasteiger partial charge in [0.05, 0.1) is 12.3 Å². The highest BCUT2D eigenvalue weighted by atomic mass is 35.5. The summed E-state index contributed by atoms with van der Waals surface area (Å²) >= 11 is 6.35. The Labute approximate surface area is 230 Å². The third-order valence-corrected chi connectivity index (χ3v) is 8.70. The Hall–Kier alpha value is -2.96. The standard InChI is InChI=1S/C31H37ClN2O4/c1-22-19-31(37,29(35)36)24-10-13-28-27(18-24)34(16-7-5-3-4-6-15-33(22)2)20-30(21-38-28)14-8-9-23-17-25(32)11-12-26(23)30/h3-4,10-13,17-18,37H,1,5-9,14-16,19-21H2,2H3,(H,35,36)/b4-3+/t30-,31+/m0/s1. The summed E-state index contributed by atoms with van der Waals surface area (Å²) in [6.07, 6.45) is 10.1. The van der Waals surface area contributed by atoms with Gasteiger partial charge in [-0.2, -0.15) is 0 Å². The minimum absolute atomic E-state index is 0.0970. The molecule has 0 radical (unpaired) electrons. The van der Waals surface area contributed by atoms with Crippen LogP contribution in [0.5, 0.6) is 5.75 Å². The summed E-state index contributed by atoms with van der Waals surface area (Å²) in [4.78, 5) is 16.7. The lowest BCUT2D eigenvalue weighted by molar-refractivity contribution is -0.160. The number of fused-ring (bicyclic) bond motifs is 3. The number of halogens is 1. The molecule has 0 saturated carbocycles. The lowest BCUT2D eigenvalue weighted by Gasteiger charge is -2.41. The average molecular weight is 537 g/mol. The zero-order chi connectivity index (χ0) is 26.9. The fourth-order valence-corrected chi connectivity index (χ4v) is 6.40. The zero-order valence-electron chi connectivity index (χ0n) is 22.1. The van der Waals surface area contributed by atoms with Gasteiger partial charge in [-0.05, 0) is 79.5 Å². The third kappa shape index (κ3) is 5.04. The number of carbonyl (C=O) groups is 1. The fourth-order valence-electron chi connectivity index (χ4n) is 6.20.